The van der Waals surface area contributed by atoms with E-state index >= 15 is 0 Å². The summed E-state index contributed by atoms with van der Waals surface area (Å²) in [6, 6.07) is 0. The van der Waals surface area contributed by atoms with Gasteiger partial charge in [0.25, 0.3) is 0 Å². The summed E-state index contributed by atoms with van der Waals surface area (Å²) in [5, 5.41) is 0. The summed E-state index contributed by atoms with van der Waals surface area (Å²) in [7, 11) is 0. The van der Waals surface area contributed by atoms with Crippen LogP contribution in [0.15, 0.2) is 23.8 Å². The lowest BCUT2D eigenvalue weighted by Crippen LogP contribution is -2.49. The van der Waals surface area contributed by atoms with Gasteiger partial charge in [-0.15, -0.1) is 0 Å². The Hall–Kier alpha value is -0.850. The van der Waals surface area contributed by atoms with E-state index in [2.05, 4.69) is 26.8 Å². The van der Waals surface area contributed by atoms with E-state index in [9.17, 15) is 4.79 Å². The summed E-state index contributed by atoms with van der Waals surface area (Å²) in [5.74, 6) is 3.74. The molecule has 0 amide bonds. The molecule has 0 heterocycles. The predicted octanol–water partition coefficient (Wildman–Crippen LogP) is 5.32. The Morgan fingerprint density at radius 1 is 1.14 bits per heavy atom. The van der Waals surface area contributed by atoms with Gasteiger partial charge in [-0.05, 0) is 79.8 Å². The van der Waals surface area contributed by atoms with Crippen molar-refractivity contribution in [3.05, 3.63) is 23.8 Å². The number of rotatable bonds is 1. The molecule has 4 aliphatic carbocycles. The maximum absolute atomic E-state index is 11.8. The topological polar surface area (TPSA) is 17.1 Å². The van der Waals surface area contributed by atoms with Crippen LogP contribution in [0.5, 0.6) is 0 Å². The van der Waals surface area contributed by atoms with Crippen LogP contribution in [0.1, 0.15) is 65.7 Å². The number of hydrogen-bond acceptors (Lipinski definition) is 1. The van der Waals surface area contributed by atoms with Crippen LogP contribution in [-0.2, 0) is 4.79 Å². The zero-order chi connectivity index (χ0) is 15.5. The molecular weight excluding hydrogens is 268 g/mol. The molecule has 0 unspecified atom stereocenters. The summed E-state index contributed by atoms with van der Waals surface area (Å²) in [4.78, 5) is 11.8. The molecule has 3 fully saturated rings. The lowest BCUT2D eigenvalue weighted by molar-refractivity contribution is -0.111. The van der Waals surface area contributed by atoms with Gasteiger partial charge >= 0.3 is 0 Å². The second-order valence-corrected chi connectivity index (χ2v) is 8.83. The lowest BCUT2D eigenvalue weighted by atomic mass is 9.47. The van der Waals surface area contributed by atoms with Crippen LogP contribution in [0.4, 0.5) is 0 Å². The van der Waals surface area contributed by atoms with Crippen molar-refractivity contribution >= 4 is 5.78 Å². The van der Waals surface area contributed by atoms with Crippen molar-refractivity contribution in [1.29, 1.82) is 0 Å². The van der Waals surface area contributed by atoms with Gasteiger partial charge in [0.2, 0.25) is 0 Å². The number of hydrogen-bond donors (Lipinski definition) is 0. The number of fused-ring (bicyclic) bond motifs is 5. The number of carbonyl (C=O) groups excluding carboxylic acids is 1. The summed E-state index contributed by atoms with van der Waals surface area (Å²) in [5.41, 5.74) is 2.19. The first-order valence-corrected chi connectivity index (χ1v) is 9.43. The number of carbonyl (C=O) groups is 1. The smallest absolute Gasteiger partial charge is 0.178 e. The summed E-state index contributed by atoms with van der Waals surface area (Å²) < 4.78 is 0. The average molecular weight is 298 g/mol. The molecule has 6 atom stereocenters. The third-order valence-electron chi connectivity index (χ3n) is 8.25. The molecule has 0 aromatic heterocycles. The minimum Gasteiger partial charge on any atom is -0.290 e. The first kappa shape index (κ1) is 14.7. The molecule has 0 spiro atoms. The summed E-state index contributed by atoms with van der Waals surface area (Å²) >= 11 is 0. The van der Waals surface area contributed by atoms with Gasteiger partial charge in [0.15, 0.2) is 5.78 Å². The van der Waals surface area contributed by atoms with Gasteiger partial charge in [0.1, 0.15) is 0 Å². The van der Waals surface area contributed by atoms with Gasteiger partial charge in [0.05, 0.1) is 0 Å². The maximum atomic E-state index is 11.8. The molecule has 0 N–H and O–H groups in total. The Kier molecular flexibility index (Phi) is 3.23. The largest absolute Gasteiger partial charge is 0.290 e. The average Bonchev–Trinajstić information content (AvgIpc) is 2.84. The van der Waals surface area contributed by atoms with E-state index in [1.165, 1.54) is 44.1 Å². The third-order valence-corrected chi connectivity index (χ3v) is 8.25. The van der Waals surface area contributed by atoms with Crippen LogP contribution >= 0.6 is 0 Å². The fourth-order valence-electron chi connectivity index (χ4n) is 6.98. The highest BCUT2D eigenvalue weighted by molar-refractivity contribution is 6.01. The lowest BCUT2D eigenvalue weighted by Gasteiger charge is -2.57. The minimum atomic E-state index is 0.169. The minimum absolute atomic E-state index is 0.169. The van der Waals surface area contributed by atoms with Gasteiger partial charge in [-0.3, -0.25) is 4.79 Å². The summed E-state index contributed by atoms with van der Waals surface area (Å²) in [6.07, 6.45) is 15.6. The highest BCUT2D eigenvalue weighted by Gasteiger charge is 2.57. The maximum Gasteiger partial charge on any atom is 0.178 e. The molecule has 0 bridgehead atoms. The van der Waals surface area contributed by atoms with Crippen LogP contribution in [0, 0.1) is 34.5 Å². The van der Waals surface area contributed by atoms with E-state index in [4.69, 9.17) is 0 Å². The Labute approximate surface area is 135 Å². The fraction of sp³-hybridized carbons (Fsp3) is 0.762. The normalized spacial score (nSPS) is 50.1. The molecular formula is C21H30O. The van der Waals surface area contributed by atoms with Gasteiger partial charge in [0, 0.05) is 5.41 Å². The van der Waals surface area contributed by atoms with Crippen molar-refractivity contribution in [3.63, 3.8) is 0 Å². The van der Waals surface area contributed by atoms with Gasteiger partial charge < -0.3 is 0 Å². The van der Waals surface area contributed by atoms with Gasteiger partial charge in [-0.1, -0.05) is 38.8 Å². The second-order valence-electron chi connectivity index (χ2n) is 8.83. The van der Waals surface area contributed by atoms with Crippen molar-refractivity contribution in [2.75, 3.05) is 0 Å². The Bertz CT molecular complexity index is 556. The summed E-state index contributed by atoms with van der Waals surface area (Å²) in [6.45, 7) is 7.40. The van der Waals surface area contributed by atoms with Crippen LogP contribution in [0.2, 0.25) is 0 Å². The molecule has 1 nitrogen and oxygen atoms in total. The van der Waals surface area contributed by atoms with Crippen LogP contribution in [-0.4, -0.2) is 5.78 Å². The zero-order valence-electron chi connectivity index (χ0n) is 14.4. The van der Waals surface area contributed by atoms with Crippen molar-refractivity contribution < 1.29 is 4.79 Å². The quantitative estimate of drug-likeness (QED) is 0.640. The van der Waals surface area contributed by atoms with E-state index < -0.39 is 0 Å². The van der Waals surface area contributed by atoms with Gasteiger partial charge in [-0.25, -0.2) is 0 Å². The van der Waals surface area contributed by atoms with Crippen molar-refractivity contribution in [2.45, 2.75) is 65.7 Å². The predicted molar refractivity (Wildman–Crippen MR) is 90.4 cm³/mol. The Morgan fingerprint density at radius 2 is 1.95 bits per heavy atom. The fourth-order valence-corrected chi connectivity index (χ4v) is 6.98. The first-order chi connectivity index (χ1) is 10.5. The molecule has 4 rings (SSSR count). The molecule has 120 valence electrons. The molecule has 0 aliphatic heterocycles. The highest BCUT2D eigenvalue weighted by atomic mass is 16.1. The van der Waals surface area contributed by atoms with E-state index in [-0.39, 0.29) is 11.2 Å². The van der Waals surface area contributed by atoms with Crippen molar-refractivity contribution in [1.82, 2.24) is 0 Å². The molecule has 22 heavy (non-hydrogen) atoms. The molecule has 0 radical (unpaired) electrons. The SMILES string of the molecule is CC[C@@H]1CC[C@H]2[C@@H]3CCC4=CC(=O)C=C[C@]4(C)[C@H]3CC[C@]12C. The molecule has 0 saturated heterocycles. The molecule has 3 saturated carbocycles. The van der Waals surface area contributed by atoms with Crippen LogP contribution in [0.25, 0.3) is 0 Å². The third kappa shape index (κ3) is 1.80. The Morgan fingerprint density at radius 3 is 2.73 bits per heavy atom. The van der Waals surface area contributed by atoms with E-state index in [0.29, 0.717) is 5.41 Å². The van der Waals surface area contributed by atoms with E-state index in [0.717, 1.165) is 30.1 Å². The Balaban J connectivity index is 1.68. The standard InChI is InChI=1S/C21H30O/c1-4-14-6-8-18-17-7-5-15-13-16(22)9-11-21(15,3)19(17)10-12-20(14,18)2/h9,11,13-14,17-19H,4-8,10,12H2,1-3H3/t14-,17+,18+,19+,20-,21+/m1/s1. The number of ketones is 1. The van der Waals surface area contributed by atoms with Crippen molar-refractivity contribution in [2.24, 2.45) is 34.5 Å². The van der Waals surface area contributed by atoms with Gasteiger partial charge in [-0.2, -0.15) is 0 Å². The van der Waals surface area contributed by atoms with E-state index in [1.54, 1.807) is 0 Å². The molecule has 0 aromatic carbocycles. The van der Waals surface area contributed by atoms with E-state index in [1.807, 2.05) is 12.2 Å². The van der Waals surface area contributed by atoms with Crippen LogP contribution < -0.4 is 0 Å². The van der Waals surface area contributed by atoms with Crippen molar-refractivity contribution in [3.8, 4) is 0 Å². The molecule has 1 heteroatoms. The first-order valence-electron chi connectivity index (χ1n) is 9.43. The monoisotopic (exact) mass is 298 g/mol. The molecule has 4 aliphatic rings. The second kappa shape index (κ2) is 4.82. The zero-order valence-corrected chi connectivity index (χ0v) is 14.4. The van der Waals surface area contributed by atoms with Crippen LogP contribution in [0.3, 0.4) is 0 Å². The molecule has 0 aromatic rings. The highest BCUT2D eigenvalue weighted by Crippen LogP contribution is 2.66. The number of allylic oxidation sites excluding steroid dienone is 4.